The van der Waals surface area contributed by atoms with Gasteiger partial charge in [0.2, 0.25) is 0 Å². The molecule has 0 saturated carbocycles. The number of primary amides is 2. The molecule has 0 aliphatic heterocycles. The second-order valence-corrected chi connectivity index (χ2v) is 6.30. The second-order valence-electron chi connectivity index (χ2n) is 4.40. The maximum absolute atomic E-state index is 10.2. The molecule has 8 nitrogen and oxygen atoms in total. The number of nitrogens with zero attached hydrogens (tertiary/aromatic N) is 2. The van der Waals surface area contributed by atoms with Gasteiger partial charge in [0, 0.05) is 9.75 Å². The van der Waals surface area contributed by atoms with Crippen LogP contribution in [0.25, 0.3) is 0 Å². The molecule has 0 fully saturated rings. The van der Waals surface area contributed by atoms with Crippen molar-refractivity contribution in [1.29, 1.82) is 0 Å². The number of amides is 4. The summed E-state index contributed by atoms with van der Waals surface area (Å²) >= 11 is 3.12. The molecule has 0 aromatic carbocycles. The van der Waals surface area contributed by atoms with Crippen LogP contribution in [0.5, 0.6) is 0 Å². The Labute approximate surface area is 188 Å². The number of hydrogen-bond donors (Lipinski definition) is 4. The minimum Gasteiger partial charge on any atom is -1.00 e. The molecule has 0 bridgehead atoms. The third-order valence-corrected chi connectivity index (χ3v) is 4.42. The van der Waals surface area contributed by atoms with Crippen molar-refractivity contribution < 1.29 is 51.5 Å². The molecule has 4 amide bonds. The Morgan fingerprint density at radius 3 is 1.44 bits per heavy atom. The second kappa shape index (κ2) is 16.5. The number of halogens is 2. The molecule has 2 rings (SSSR count). The number of carbonyl (C=O) groups is 2. The molecule has 6 N–H and O–H groups in total. The third kappa shape index (κ3) is 13.2. The molecule has 0 saturated heterocycles. The minimum atomic E-state index is -0.652. The van der Waals surface area contributed by atoms with Crippen LogP contribution >= 0.6 is 22.7 Å². The number of nitrogens with one attached hydrogen (secondary N) is 2. The van der Waals surface area contributed by atoms with Gasteiger partial charge in [-0.05, 0) is 47.9 Å². The fourth-order valence-electron chi connectivity index (χ4n) is 1.34. The van der Waals surface area contributed by atoms with E-state index in [1.54, 1.807) is 35.1 Å². The molecule has 2 aromatic heterocycles. The fraction of sp³-hybridized carbons (Fsp3) is 0.143. The predicted octanol–water partition coefficient (Wildman–Crippen LogP) is -3.88. The average Bonchev–Trinajstić information content (AvgIpc) is 3.09. The predicted molar refractivity (Wildman–Crippen MR) is 98.7 cm³/mol. The number of aryl methyl sites for hydroxylation is 2. The van der Waals surface area contributed by atoms with Crippen LogP contribution in [0.3, 0.4) is 0 Å². The summed E-state index contributed by atoms with van der Waals surface area (Å²) in [5, 5.41) is 11.2. The van der Waals surface area contributed by atoms with Crippen molar-refractivity contribution in [3.63, 3.8) is 0 Å². The molecular weight excluding hydrogens is 483 g/mol. The summed E-state index contributed by atoms with van der Waals surface area (Å²) in [5.74, 6) is 0. The molecule has 27 heavy (non-hydrogen) atoms. The Hall–Kier alpha value is -1.62. The number of carbonyl (C=O) groups excluding carboxylic acids is 2. The zero-order valence-electron chi connectivity index (χ0n) is 14.2. The molecule has 0 spiro atoms. The van der Waals surface area contributed by atoms with E-state index < -0.39 is 12.1 Å². The summed E-state index contributed by atoms with van der Waals surface area (Å²) in [4.78, 5) is 22.5. The minimum absolute atomic E-state index is 0. The van der Waals surface area contributed by atoms with Crippen LogP contribution in [-0.4, -0.2) is 24.5 Å². The van der Waals surface area contributed by atoms with Crippen LogP contribution in [-0.2, 0) is 17.1 Å². The maximum Gasteiger partial charge on any atom is 2.00 e. The van der Waals surface area contributed by atoms with Gasteiger partial charge in [-0.3, -0.25) is 0 Å². The molecule has 153 valence electrons. The summed E-state index contributed by atoms with van der Waals surface area (Å²) in [7, 11) is 0. The van der Waals surface area contributed by atoms with Crippen molar-refractivity contribution in [2.45, 2.75) is 13.8 Å². The molecule has 0 atom stereocenters. The van der Waals surface area contributed by atoms with Crippen molar-refractivity contribution in [1.82, 2.24) is 10.9 Å². The van der Waals surface area contributed by atoms with Gasteiger partial charge in [0.25, 0.3) is 0 Å². The molecule has 2 heterocycles. The monoisotopic (exact) mass is 499 g/mol. The molecule has 2 aromatic rings. The van der Waals surface area contributed by atoms with E-state index in [1.807, 2.05) is 36.7 Å². The fourth-order valence-corrected chi connectivity index (χ4v) is 2.92. The first-order valence-electron chi connectivity index (χ1n) is 6.65. The Morgan fingerprint density at radius 2 is 1.22 bits per heavy atom. The SMILES string of the molecule is Cc1ccsc1/C=N/NC(N)=O.Cc1ccsc1/C=N/NC(N)=O.[Cl-].[Cl-].[Cu+2]. The van der Waals surface area contributed by atoms with Gasteiger partial charge in [0.15, 0.2) is 0 Å². The van der Waals surface area contributed by atoms with Gasteiger partial charge in [-0.2, -0.15) is 10.2 Å². The molecule has 0 aliphatic carbocycles. The topological polar surface area (TPSA) is 135 Å². The number of thiophene rings is 2. The van der Waals surface area contributed by atoms with E-state index in [2.05, 4.69) is 21.1 Å². The Morgan fingerprint density at radius 1 is 0.889 bits per heavy atom. The Balaban J connectivity index is -0.000000384. The van der Waals surface area contributed by atoms with Crippen LogP contribution in [0.15, 0.2) is 33.1 Å². The molecular formula is C14H18Cl2CuN6O2S2. The summed E-state index contributed by atoms with van der Waals surface area (Å²) in [6, 6.07) is 2.66. The zero-order valence-corrected chi connectivity index (χ0v) is 18.3. The number of hydrogen-bond acceptors (Lipinski definition) is 6. The summed E-state index contributed by atoms with van der Waals surface area (Å²) in [6.07, 6.45) is 3.15. The summed E-state index contributed by atoms with van der Waals surface area (Å²) < 4.78 is 0. The van der Waals surface area contributed by atoms with Crippen LogP contribution in [0.4, 0.5) is 9.59 Å². The van der Waals surface area contributed by atoms with E-state index in [0.717, 1.165) is 20.9 Å². The van der Waals surface area contributed by atoms with E-state index in [9.17, 15) is 9.59 Å². The van der Waals surface area contributed by atoms with E-state index in [-0.39, 0.29) is 41.9 Å². The van der Waals surface area contributed by atoms with Crippen LogP contribution in [0, 0.1) is 13.8 Å². The molecule has 0 aliphatic rings. The number of nitrogens with two attached hydrogens (primary N) is 2. The van der Waals surface area contributed by atoms with Gasteiger partial charge in [0.1, 0.15) is 0 Å². The van der Waals surface area contributed by atoms with Crippen molar-refractivity contribution in [3.05, 3.63) is 43.8 Å². The molecule has 0 unspecified atom stereocenters. The van der Waals surface area contributed by atoms with Crippen LogP contribution < -0.4 is 47.1 Å². The number of urea groups is 2. The van der Waals surface area contributed by atoms with Gasteiger partial charge in [-0.25, -0.2) is 20.4 Å². The number of rotatable bonds is 4. The van der Waals surface area contributed by atoms with E-state index in [1.165, 1.54) is 0 Å². The van der Waals surface area contributed by atoms with Gasteiger partial charge >= 0.3 is 29.1 Å². The smallest absolute Gasteiger partial charge is 1.00 e. The van der Waals surface area contributed by atoms with Gasteiger partial charge in [0.05, 0.1) is 12.4 Å². The molecule has 1 radical (unpaired) electrons. The maximum atomic E-state index is 10.2. The van der Waals surface area contributed by atoms with E-state index in [0.29, 0.717) is 0 Å². The Kier molecular flexibility index (Phi) is 18.5. The van der Waals surface area contributed by atoms with Gasteiger partial charge < -0.3 is 36.3 Å². The quantitative estimate of drug-likeness (QED) is 0.194. The first-order valence-corrected chi connectivity index (χ1v) is 8.41. The molecule has 13 heteroatoms. The van der Waals surface area contributed by atoms with Gasteiger partial charge in [-0.1, -0.05) is 0 Å². The van der Waals surface area contributed by atoms with Crippen LogP contribution in [0.2, 0.25) is 0 Å². The van der Waals surface area contributed by atoms with Gasteiger partial charge in [-0.15, -0.1) is 22.7 Å². The van der Waals surface area contributed by atoms with Crippen molar-refractivity contribution in [3.8, 4) is 0 Å². The Bertz CT molecular complexity index is 689. The summed E-state index contributed by atoms with van der Waals surface area (Å²) in [5.41, 5.74) is 16.1. The first-order chi connectivity index (χ1) is 11.4. The average molecular weight is 501 g/mol. The number of hydrazone groups is 2. The largest absolute Gasteiger partial charge is 2.00 e. The normalized spacial score (nSPS) is 9.26. The van der Waals surface area contributed by atoms with E-state index >= 15 is 0 Å². The van der Waals surface area contributed by atoms with E-state index in [4.69, 9.17) is 11.5 Å². The zero-order chi connectivity index (χ0) is 17.9. The summed E-state index contributed by atoms with van der Waals surface area (Å²) in [6.45, 7) is 3.95. The standard InChI is InChI=1S/2C7H9N3OS.2ClH.Cu/c2*1-5-2-3-12-6(5)4-9-10-7(8)11;;;/h2*2-4H,1H3,(H3,8,10,11);2*1H;/q;;;;+2/p-2/b2*9-4+;;;. The third-order valence-electron chi connectivity index (χ3n) is 2.52. The van der Waals surface area contributed by atoms with Crippen molar-refractivity contribution in [2.75, 3.05) is 0 Å². The van der Waals surface area contributed by atoms with Crippen molar-refractivity contribution >= 4 is 47.2 Å². The van der Waals surface area contributed by atoms with Crippen LogP contribution in [0.1, 0.15) is 20.9 Å². The first kappa shape index (κ1) is 30.1. The van der Waals surface area contributed by atoms with Crippen molar-refractivity contribution in [2.24, 2.45) is 21.7 Å².